The fourth-order valence-corrected chi connectivity index (χ4v) is 3.50. The van der Waals surface area contributed by atoms with Gasteiger partial charge in [0.05, 0.1) is 0 Å². The number of fused-ring (bicyclic) bond motifs is 5. The third-order valence-corrected chi connectivity index (χ3v) is 3.92. The van der Waals surface area contributed by atoms with E-state index in [9.17, 15) is 0 Å². The van der Waals surface area contributed by atoms with Crippen molar-refractivity contribution in [3.63, 3.8) is 0 Å². The lowest BCUT2D eigenvalue weighted by Crippen LogP contribution is -2.16. The van der Waals surface area contributed by atoms with Gasteiger partial charge in [-0.2, -0.15) is 0 Å². The first-order chi connectivity index (χ1) is 4.95. The molecule has 0 nitrogen and oxygen atoms in total. The topological polar surface area (TPSA) is 0 Å². The fourth-order valence-electron chi connectivity index (χ4n) is 3.50. The van der Waals surface area contributed by atoms with Gasteiger partial charge in [-0.25, -0.2) is 0 Å². The van der Waals surface area contributed by atoms with E-state index in [1.807, 2.05) is 0 Å². The van der Waals surface area contributed by atoms with Gasteiger partial charge in [-0.1, -0.05) is 12.2 Å². The normalized spacial score (nSPS) is 56.0. The molecule has 2 saturated carbocycles. The average molecular weight is 134 g/mol. The maximum absolute atomic E-state index is 2.49. The molecule has 2 fully saturated rings. The highest BCUT2D eigenvalue weighted by Crippen LogP contribution is 2.56. The van der Waals surface area contributed by atoms with Gasteiger partial charge >= 0.3 is 0 Å². The Morgan fingerprint density at radius 3 is 2.90 bits per heavy atom. The van der Waals surface area contributed by atoms with E-state index in [-0.39, 0.29) is 0 Å². The second-order valence-electron chi connectivity index (χ2n) is 4.24. The number of allylic oxidation sites excluding steroid dienone is 2. The van der Waals surface area contributed by atoms with E-state index in [1.54, 1.807) is 12.8 Å². The molecule has 3 aliphatic rings. The summed E-state index contributed by atoms with van der Waals surface area (Å²) in [6, 6.07) is 0. The van der Waals surface area contributed by atoms with E-state index >= 15 is 0 Å². The Kier molecular flexibility index (Phi) is 0.898. The Bertz CT molecular complexity index is 180. The van der Waals surface area contributed by atoms with Crippen LogP contribution in [-0.4, -0.2) is 0 Å². The maximum atomic E-state index is 2.49. The van der Waals surface area contributed by atoms with Crippen molar-refractivity contribution in [2.24, 2.45) is 23.7 Å². The molecule has 0 heteroatoms. The molecule has 0 aromatic carbocycles. The quantitative estimate of drug-likeness (QED) is 0.447. The molecule has 0 aromatic rings. The SMILES string of the molecule is C1=C[C@H]2[C@@H]3CC[C@@H](C3)[C@H]2C1. The van der Waals surface area contributed by atoms with Crippen LogP contribution in [0, 0.1) is 23.7 Å². The Morgan fingerprint density at radius 1 is 1.10 bits per heavy atom. The number of hydrogen-bond donors (Lipinski definition) is 0. The minimum absolute atomic E-state index is 1.03. The molecule has 2 bridgehead atoms. The van der Waals surface area contributed by atoms with Crippen LogP contribution in [0.4, 0.5) is 0 Å². The van der Waals surface area contributed by atoms with Gasteiger partial charge in [0, 0.05) is 0 Å². The standard InChI is InChI=1S/C10H14/c1-2-9-7-4-5-8(6-7)10(9)3-1/h1-2,7-10H,3-6H2/t7-,8+,9+,10-/m1/s1. The van der Waals surface area contributed by atoms with Gasteiger partial charge in [0.25, 0.3) is 0 Å². The van der Waals surface area contributed by atoms with Crippen molar-refractivity contribution < 1.29 is 0 Å². The maximum Gasteiger partial charge on any atom is -0.0171 e. The van der Waals surface area contributed by atoms with Crippen LogP contribution < -0.4 is 0 Å². The summed E-state index contributed by atoms with van der Waals surface area (Å²) in [7, 11) is 0. The molecule has 3 aliphatic carbocycles. The average Bonchev–Trinajstić information content (AvgIpc) is 2.60. The van der Waals surface area contributed by atoms with Crippen LogP contribution in [0.5, 0.6) is 0 Å². The Labute approximate surface area is 62.3 Å². The van der Waals surface area contributed by atoms with E-state index in [4.69, 9.17) is 0 Å². The van der Waals surface area contributed by atoms with Crippen molar-refractivity contribution in [3.05, 3.63) is 12.2 Å². The highest BCUT2D eigenvalue weighted by Gasteiger charge is 2.47. The lowest BCUT2D eigenvalue weighted by Gasteiger charge is -2.23. The highest BCUT2D eigenvalue weighted by atomic mass is 14.5. The second kappa shape index (κ2) is 1.66. The minimum Gasteiger partial charge on any atom is -0.0879 e. The second-order valence-corrected chi connectivity index (χ2v) is 4.24. The zero-order valence-electron chi connectivity index (χ0n) is 6.29. The van der Waals surface area contributed by atoms with Gasteiger partial charge in [-0.05, 0) is 49.4 Å². The van der Waals surface area contributed by atoms with Crippen LogP contribution >= 0.6 is 0 Å². The number of hydrogen-bond acceptors (Lipinski definition) is 0. The van der Waals surface area contributed by atoms with E-state index in [1.165, 1.54) is 12.8 Å². The van der Waals surface area contributed by atoms with Gasteiger partial charge in [-0.3, -0.25) is 0 Å². The first kappa shape index (κ1) is 5.40. The van der Waals surface area contributed by atoms with Gasteiger partial charge in [-0.15, -0.1) is 0 Å². The largest absolute Gasteiger partial charge is 0.0879 e. The molecule has 0 aromatic heterocycles. The first-order valence-corrected chi connectivity index (χ1v) is 4.62. The molecule has 4 atom stereocenters. The molecular weight excluding hydrogens is 120 g/mol. The summed E-state index contributed by atoms with van der Waals surface area (Å²) in [6.45, 7) is 0. The van der Waals surface area contributed by atoms with Crippen LogP contribution in [0.3, 0.4) is 0 Å². The Balaban J connectivity index is 1.97. The summed E-state index contributed by atoms with van der Waals surface area (Å²) < 4.78 is 0. The van der Waals surface area contributed by atoms with Gasteiger partial charge in [0.1, 0.15) is 0 Å². The summed E-state index contributed by atoms with van der Waals surface area (Å²) in [5.74, 6) is 4.36. The molecule has 0 heterocycles. The minimum atomic E-state index is 1.03. The highest BCUT2D eigenvalue weighted by molar-refractivity contribution is 5.11. The van der Waals surface area contributed by atoms with E-state index in [2.05, 4.69) is 12.2 Å². The zero-order chi connectivity index (χ0) is 6.55. The Morgan fingerprint density at radius 2 is 2.00 bits per heavy atom. The molecule has 0 N–H and O–H groups in total. The van der Waals surface area contributed by atoms with Crippen LogP contribution in [0.2, 0.25) is 0 Å². The van der Waals surface area contributed by atoms with Crippen molar-refractivity contribution >= 4 is 0 Å². The van der Waals surface area contributed by atoms with Crippen LogP contribution in [0.15, 0.2) is 12.2 Å². The third-order valence-electron chi connectivity index (χ3n) is 3.92. The lowest BCUT2D eigenvalue weighted by molar-refractivity contribution is 0.285. The summed E-state index contributed by atoms with van der Waals surface area (Å²) in [5.41, 5.74) is 0. The molecule has 10 heavy (non-hydrogen) atoms. The molecule has 0 radical (unpaired) electrons. The fraction of sp³-hybridized carbons (Fsp3) is 0.800. The van der Waals surface area contributed by atoms with E-state index < -0.39 is 0 Å². The predicted molar refractivity (Wildman–Crippen MR) is 41.6 cm³/mol. The molecule has 0 aliphatic heterocycles. The van der Waals surface area contributed by atoms with Gasteiger partial charge in [0.15, 0.2) is 0 Å². The smallest absolute Gasteiger partial charge is 0.0171 e. The zero-order valence-corrected chi connectivity index (χ0v) is 6.29. The third kappa shape index (κ3) is 0.492. The number of rotatable bonds is 0. The van der Waals surface area contributed by atoms with E-state index in [0.717, 1.165) is 23.7 Å². The van der Waals surface area contributed by atoms with Gasteiger partial charge in [0.2, 0.25) is 0 Å². The van der Waals surface area contributed by atoms with Crippen LogP contribution in [0.1, 0.15) is 25.7 Å². The summed E-state index contributed by atoms with van der Waals surface area (Å²) >= 11 is 0. The van der Waals surface area contributed by atoms with Crippen molar-refractivity contribution in [1.29, 1.82) is 0 Å². The van der Waals surface area contributed by atoms with Crippen LogP contribution in [0.25, 0.3) is 0 Å². The lowest BCUT2D eigenvalue weighted by atomic mass is 9.82. The molecular formula is C10H14. The monoisotopic (exact) mass is 134 g/mol. The summed E-state index contributed by atoms with van der Waals surface area (Å²) in [6.07, 6.45) is 11.0. The predicted octanol–water partition coefficient (Wildman–Crippen LogP) is 2.61. The van der Waals surface area contributed by atoms with E-state index in [0.29, 0.717) is 0 Å². The molecule has 0 saturated heterocycles. The first-order valence-electron chi connectivity index (χ1n) is 4.62. The molecule has 54 valence electrons. The van der Waals surface area contributed by atoms with Crippen LogP contribution in [-0.2, 0) is 0 Å². The van der Waals surface area contributed by atoms with Crippen molar-refractivity contribution in [3.8, 4) is 0 Å². The molecule has 3 rings (SSSR count). The molecule has 0 unspecified atom stereocenters. The molecule has 0 spiro atoms. The van der Waals surface area contributed by atoms with Crippen molar-refractivity contribution in [1.82, 2.24) is 0 Å². The molecule has 0 amide bonds. The summed E-state index contributed by atoms with van der Waals surface area (Å²) in [5, 5.41) is 0. The van der Waals surface area contributed by atoms with Crippen molar-refractivity contribution in [2.45, 2.75) is 25.7 Å². The Hall–Kier alpha value is -0.260. The van der Waals surface area contributed by atoms with Crippen molar-refractivity contribution in [2.75, 3.05) is 0 Å². The van der Waals surface area contributed by atoms with Gasteiger partial charge < -0.3 is 0 Å². The summed E-state index contributed by atoms with van der Waals surface area (Å²) in [4.78, 5) is 0.